The first kappa shape index (κ1) is 16.0. The lowest BCUT2D eigenvalue weighted by Gasteiger charge is -2.37. The van der Waals surface area contributed by atoms with Crippen LogP contribution in [0.3, 0.4) is 0 Å². The van der Waals surface area contributed by atoms with Crippen LogP contribution < -0.4 is 16.2 Å². The van der Waals surface area contributed by atoms with E-state index in [0.29, 0.717) is 12.0 Å². The van der Waals surface area contributed by atoms with Crippen molar-refractivity contribution in [2.24, 2.45) is 5.92 Å². The summed E-state index contributed by atoms with van der Waals surface area (Å²) in [6.07, 6.45) is 4.80. The zero-order valence-corrected chi connectivity index (χ0v) is 13.9. The van der Waals surface area contributed by atoms with E-state index >= 15 is 0 Å². The van der Waals surface area contributed by atoms with Crippen molar-refractivity contribution in [2.45, 2.75) is 25.0 Å². The first-order valence-corrected chi connectivity index (χ1v) is 8.93. The highest BCUT2D eigenvalue weighted by Crippen LogP contribution is 2.22. The molecule has 0 saturated carbocycles. The van der Waals surface area contributed by atoms with Crippen molar-refractivity contribution in [3.05, 3.63) is 30.1 Å². The van der Waals surface area contributed by atoms with E-state index in [4.69, 9.17) is 0 Å². The molecular formula is C17H26N6O. The van der Waals surface area contributed by atoms with Crippen LogP contribution in [0.1, 0.15) is 12.0 Å². The Morgan fingerprint density at radius 2 is 2.12 bits per heavy atom. The standard InChI is InChI=1S/C17H26N6O/c24-17(16-14-11-19-5-3-15(14)20-21-16)23-8-6-22(7-9-23)12-13-2-1-4-18-10-13/h1-2,4,10,14-16,19-21H,3,5-9,11-12H2. The van der Waals surface area contributed by atoms with Gasteiger partial charge in [-0.2, -0.15) is 0 Å². The van der Waals surface area contributed by atoms with E-state index < -0.39 is 0 Å². The number of fused-ring (bicyclic) bond motifs is 1. The molecule has 7 nitrogen and oxygen atoms in total. The Kier molecular flexibility index (Phi) is 4.75. The molecule has 3 aliphatic heterocycles. The van der Waals surface area contributed by atoms with Crippen LogP contribution in [0.5, 0.6) is 0 Å². The Balaban J connectivity index is 1.30. The highest BCUT2D eigenvalue weighted by atomic mass is 16.2. The summed E-state index contributed by atoms with van der Waals surface area (Å²) in [5.74, 6) is 0.611. The third-order valence-electron chi connectivity index (χ3n) is 5.46. The maximum absolute atomic E-state index is 12.9. The van der Waals surface area contributed by atoms with Crippen LogP contribution in [-0.4, -0.2) is 72.0 Å². The average molecular weight is 330 g/mol. The van der Waals surface area contributed by atoms with E-state index in [9.17, 15) is 4.79 Å². The molecule has 4 heterocycles. The third-order valence-corrected chi connectivity index (χ3v) is 5.46. The summed E-state index contributed by atoms with van der Waals surface area (Å²) >= 11 is 0. The highest BCUT2D eigenvalue weighted by molar-refractivity contribution is 5.82. The molecule has 3 saturated heterocycles. The third kappa shape index (κ3) is 3.30. The van der Waals surface area contributed by atoms with Gasteiger partial charge in [-0.1, -0.05) is 6.07 Å². The molecule has 3 fully saturated rings. The van der Waals surface area contributed by atoms with Crippen LogP contribution in [0.4, 0.5) is 0 Å². The Labute approximate surface area is 142 Å². The molecule has 3 atom stereocenters. The topological polar surface area (TPSA) is 72.5 Å². The van der Waals surface area contributed by atoms with Crippen LogP contribution in [0.15, 0.2) is 24.5 Å². The number of carbonyl (C=O) groups is 1. The number of aromatic nitrogens is 1. The minimum absolute atomic E-state index is 0.0901. The molecule has 1 amide bonds. The predicted octanol–water partition coefficient (Wildman–Crippen LogP) is -0.820. The first-order valence-electron chi connectivity index (χ1n) is 8.93. The largest absolute Gasteiger partial charge is 0.339 e. The van der Waals surface area contributed by atoms with Gasteiger partial charge in [0.15, 0.2) is 0 Å². The Hall–Kier alpha value is -1.54. The second-order valence-electron chi connectivity index (χ2n) is 6.99. The molecule has 0 aliphatic carbocycles. The number of nitrogens with zero attached hydrogens (tertiary/aromatic N) is 3. The van der Waals surface area contributed by atoms with Gasteiger partial charge < -0.3 is 10.2 Å². The lowest BCUT2D eigenvalue weighted by atomic mass is 9.89. The average Bonchev–Trinajstić information content (AvgIpc) is 3.07. The maximum Gasteiger partial charge on any atom is 0.241 e. The Bertz CT molecular complexity index is 559. The lowest BCUT2D eigenvalue weighted by molar-refractivity contribution is -0.136. The van der Waals surface area contributed by atoms with E-state index in [2.05, 4.69) is 32.1 Å². The monoisotopic (exact) mass is 330 g/mol. The van der Waals surface area contributed by atoms with Gasteiger partial charge in [0.2, 0.25) is 5.91 Å². The predicted molar refractivity (Wildman–Crippen MR) is 90.9 cm³/mol. The molecule has 24 heavy (non-hydrogen) atoms. The summed E-state index contributed by atoms with van der Waals surface area (Å²) in [7, 11) is 0. The molecule has 0 radical (unpaired) electrons. The van der Waals surface area contributed by atoms with Gasteiger partial charge >= 0.3 is 0 Å². The molecule has 7 heteroatoms. The van der Waals surface area contributed by atoms with E-state index in [1.807, 2.05) is 17.2 Å². The van der Waals surface area contributed by atoms with Crippen molar-refractivity contribution in [2.75, 3.05) is 39.3 Å². The number of hydrogen-bond acceptors (Lipinski definition) is 6. The van der Waals surface area contributed by atoms with Crippen molar-refractivity contribution in [3.8, 4) is 0 Å². The second-order valence-corrected chi connectivity index (χ2v) is 6.99. The van der Waals surface area contributed by atoms with E-state index in [1.165, 1.54) is 5.56 Å². The molecule has 0 bridgehead atoms. The van der Waals surface area contributed by atoms with E-state index in [1.54, 1.807) is 6.20 Å². The molecule has 3 unspecified atom stereocenters. The maximum atomic E-state index is 12.9. The first-order chi connectivity index (χ1) is 11.8. The molecule has 4 rings (SSSR count). The quantitative estimate of drug-likeness (QED) is 0.673. The summed E-state index contributed by atoms with van der Waals surface area (Å²) in [6, 6.07) is 4.41. The normalized spacial score (nSPS) is 31.0. The fraction of sp³-hybridized carbons (Fsp3) is 0.647. The Morgan fingerprint density at radius 1 is 1.25 bits per heavy atom. The minimum Gasteiger partial charge on any atom is -0.339 e. The summed E-state index contributed by atoms with van der Waals surface area (Å²) in [6.45, 7) is 6.32. The molecule has 3 N–H and O–H groups in total. The number of piperazine rings is 1. The Morgan fingerprint density at radius 3 is 2.92 bits per heavy atom. The second kappa shape index (κ2) is 7.14. The van der Waals surface area contributed by atoms with Gasteiger partial charge in [-0.15, -0.1) is 0 Å². The van der Waals surface area contributed by atoms with Crippen molar-refractivity contribution in [3.63, 3.8) is 0 Å². The van der Waals surface area contributed by atoms with Gasteiger partial charge in [0.05, 0.1) is 0 Å². The van der Waals surface area contributed by atoms with Gasteiger partial charge in [0.1, 0.15) is 6.04 Å². The molecule has 1 aromatic heterocycles. The number of pyridine rings is 1. The number of rotatable bonds is 3. The van der Waals surface area contributed by atoms with Gasteiger partial charge in [0.25, 0.3) is 0 Å². The summed E-state index contributed by atoms with van der Waals surface area (Å²) in [4.78, 5) is 21.5. The van der Waals surface area contributed by atoms with Gasteiger partial charge in [0, 0.05) is 63.6 Å². The zero-order chi connectivity index (χ0) is 16.4. The SMILES string of the molecule is O=C(C1NNC2CCNCC21)N1CCN(Cc2cccnc2)CC1. The number of hydrazine groups is 1. The number of nitrogens with one attached hydrogen (secondary N) is 3. The van der Waals surface area contributed by atoms with Crippen LogP contribution in [-0.2, 0) is 11.3 Å². The van der Waals surface area contributed by atoms with Crippen LogP contribution in [0.25, 0.3) is 0 Å². The number of carbonyl (C=O) groups excluding carboxylic acids is 1. The summed E-state index contributed by atoms with van der Waals surface area (Å²) in [5, 5.41) is 3.41. The van der Waals surface area contributed by atoms with Crippen molar-refractivity contribution < 1.29 is 4.79 Å². The van der Waals surface area contributed by atoms with Crippen molar-refractivity contribution >= 4 is 5.91 Å². The number of piperidine rings is 1. The molecular weight excluding hydrogens is 304 g/mol. The zero-order valence-electron chi connectivity index (χ0n) is 13.9. The minimum atomic E-state index is -0.0901. The smallest absolute Gasteiger partial charge is 0.241 e. The van der Waals surface area contributed by atoms with Crippen molar-refractivity contribution in [1.82, 2.24) is 31.0 Å². The highest BCUT2D eigenvalue weighted by Gasteiger charge is 2.42. The summed E-state index contributed by atoms with van der Waals surface area (Å²) in [5.41, 5.74) is 7.79. The molecule has 0 spiro atoms. The van der Waals surface area contributed by atoms with Crippen LogP contribution >= 0.6 is 0 Å². The van der Waals surface area contributed by atoms with Gasteiger partial charge in [-0.3, -0.25) is 20.1 Å². The van der Waals surface area contributed by atoms with Crippen LogP contribution in [0, 0.1) is 5.92 Å². The van der Waals surface area contributed by atoms with Crippen LogP contribution in [0.2, 0.25) is 0 Å². The number of hydrogen-bond donors (Lipinski definition) is 3. The van der Waals surface area contributed by atoms with Gasteiger partial charge in [-0.25, -0.2) is 5.43 Å². The molecule has 130 valence electrons. The molecule has 1 aromatic rings. The molecule has 3 aliphatic rings. The number of amides is 1. The summed E-state index contributed by atoms with van der Waals surface area (Å²) < 4.78 is 0. The van der Waals surface area contributed by atoms with E-state index in [-0.39, 0.29) is 11.9 Å². The lowest BCUT2D eigenvalue weighted by Crippen LogP contribution is -2.55. The fourth-order valence-electron chi connectivity index (χ4n) is 4.03. The molecule has 0 aromatic carbocycles. The van der Waals surface area contributed by atoms with E-state index in [0.717, 1.165) is 52.2 Å². The van der Waals surface area contributed by atoms with Gasteiger partial charge in [-0.05, 0) is 24.6 Å². The van der Waals surface area contributed by atoms with Crippen molar-refractivity contribution in [1.29, 1.82) is 0 Å². The fourth-order valence-corrected chi connectivity index (χ4v) is 4.03.